The zero-order valence-electron chi connectivity index (χ0n) is 11.9. The molecular formula is C16H13N5O. The minimum absolute atomic E-state index is 0.555. The number of benzene rings is 1. The summed E-state index contributed by atoms with van der Waals surface area (Å²) in [6.45, 7) is 1.95. The fourth-order valence-corrected chi connectivity index (χ4v) is 2.37. The molecule has 6 nitrogen and oxygen atoms in total. The molecular weight excluding hydrogens is 278 g/mol. The second-order valence-corrected chi connectivity index (χ2v) is 4.92. The number of aromatic amines is 1. The van der Waals surface area contributed by atoms with E-state index in [0.29, 0.717) is 5.88 Å². The van der Waals surface area contributed by atoms with E-state index in [1.54, 1.807) is 18.7 Å². The summed E-state index contributed by atoms with van der Waals surface area (Å²) in [5, 5.41) is 8.07. The molecule has 0 saturated heterocycles. The predicted octanol–water partition coefficient (Wildman–Crippen LogP) is 3.24. The van der Waals surface area contributed by atoms with Crippen LogP contribution in [0.25, 0.3) is 16.6 Å². The summed E-state index contributed by atoms with van der Waals surface area (Å²) in [6, 6.07) is 9.61. The third-order valence-electron chi connectivity index (χ3n) is 3.47. The zero-order chi connectivity index (χ0) is 14.9. The number of aromatic nitrogens is 5. The van der Waals surface area contributed by atoms with Crippen molar-refractivity contribution in [3.8, 4) is 17.3 Å². The molecule has 1 aromatic carbocycles. The van der Waals surface area contributed by atoms with E-state index < -0.39 is 0 Å². The Balaban J connectivity index is 1.67. The van der Waals surface area contributed by atoms with Crippen molar-refractivity contribution in [2.75, 3.05) is 0 Å². The third-order valence-corrected chi connectivity index (χ3v) is 3.47. The van der Waals surface area contributed by atoms with Gasteiger partial charge in [-0.2, -0.15) is 5.10 Å². The van der Waals surface area contributed by atoms with E-state index in [9.17, 15) is 0 Å². The largest absolute Gasteiger partial charge is 0.438 e. The summed E-state index contributed by atoms with van der Waals surface area (Å²) in [5.41, 5.74) is 2.81. The van der Waals surface area contributed by atoms with Crippen LogP contribution in [0.2, 0.25) is 0 Å². The molecule has 0 aliphatic rings. The second-order valence-electron chi connectivity index (χ2n) is 4.92. The minimum atomic E-state index is 0.555. The lowest BCUT2D eigenvalue weighted by molar-refractivity contribution is 0.469. The average molecular weight is 291 g/mol. The molecule has 0 unspecified atom stereocenters. The lowest BCUT2D eigenvalue weighted by Crippen LogP contribution is -1.92. The van der Waals surface area contributed by atoms with Crippen LogP contribution in [0.15, 0.2) is 55.2 Å². The van der Waals surface area contributed by atoms with E-state index >= 15 is 0 Å². The summed E-state index contributed by atoms with van der Waals surface area (Å²) >= 11 is 0. The first kappa shape index (κ1) is 12.6. The molecule has 0 fully saturated rings. The highest BCUT2D eigenvalue weighted by Crippen LogP contribution is 2.29. The number of nitrogens with zero attached hydrogens (tertiary/aromatic N) is 4. The fourth-order valence-electron chi connectivity index (χ4n) is 2.37. The first-order valence-electron chi connectivity index (χ1n) is 6.87. The molecule has 0 atom stereocenters. The van der Waals surface area contributed by atoms with Gasteiger partial charge in [-0.15, -0.1) is 0 Å². The van der Waals surface area contributed by atoms with Gasteiger partial charge in [-0.25, -0.2) is 9.97 Å². The van der Waals surface area contributed by atoms with Crippen LogP contribution in [0.4, 0.5) is 0 Å². The first-order chi connectivity index (χ1) is 10.8. The molecule has 0 aliphatic carbocycles. The van der Waals surface area contributed by atoms with Gasteiger partial charge in [0, 0.05) is 30.0 Å². The van der Waals surface area contributed by atoms with Gasteiger partial charge in [0.1, 0.15) is 5.75 Å². The van der Waals surface area contributed by atoms with Crippen LogP contribution in [0.5, 0.6) is 11.6 Å². The molecule has 1 N–H and O–H groups in total. The van der Waals surface area contributed by atoms with Gasteiger partial charge in [0.15, 0.2) is 0 Å². The van der Waals surface area contributed by atoms with Crippen LogP contribution in [0, 0.1) is 6.92 Å². The topological polar surface area (TPSA) is 68.6 Å². The maximum absolute atomic E-state index is 5.91. The Morgan fingerprint density at radius 3 is 2.73 bits per heavy atom. The van der Waals surface area contributed by atoms with Crippen molar-refractivity contribution in [2.24, 2.45) is 0 Å². The van der Waals surface area contributed by atoms with E-state index in [1.165, 1.54) is 0 Å². The molecule has 3 heterocycles. The molecule has 108 valence electrons. The van der Waals surface area contributed by atoms with Crippen molar-refractivity contribution in [3.05, 3.63) is 60.9 Å². The van der Waals surface area contributed by atoms with Gasteiger partial charge in [-0.05, 0) is 37.3 Å². The van der Waals surface area contributed by atoms with Gasteiger partial charge in [0.05, 0.1) is 17.2 Å². The highest BCUT2D eigenvalue weighted by molar-refractivity contribution is 5.85. The van der Waals surface area contributed by atoms with Crippen LogP contribution in [0.3, 0.4) is 0 Å². The van der Waals surface area contributed by atoms with Crippen molar-refractivity contribution < 1.29 is 4.74 Å². The molecule has 4 aromatic rings. The number of hydrogen-bond acceptors (Lipinski definition) is 4. The van der Waals surface area contributed by atoms with E-state index in [2.05, 4.69) is 20.2 Å². The van der Waals surface area contributed by atoms with E-state index in [4.69, 9.17) is 4.74 Å². The monoisotopic (exact) mass is 291 g/mol. The minimum Gasteiger partial charge on any atom is -0.438 e. The van der Waals surface area contributed by atoms with Gasteiger partial charge >= 0.3 is 0 Å². The Morgan fingerprint density at radius 1 is 1.09 bits per heavy atom. The molecule has 0 spiro atoms. The first-order valence-corrected chi connectivity index (χ1v) is 6.87. The molecule has 0 saturated carbocycles. The SMILES string of the molecule is Cc1[nH]nc2ccnc(Oc3ccc(-n4ccnc4)cc3)c12. The Bertz CT molecular complexity index is 910. The number of H-pyrrole nitrogens is 1. The number of pyridine rings is 1. The number of aryl methyl sites for hydroxylation is 1. The van der Waals surface area contributed by atoms with Crippen molar-refractivity contribution in [2.45, 2.75) is 6.92 Å². The zero-order valence-corrected chi connectivity index (χ0v) is 11.9. The number of ether oxygens (including phenoxy) is 1. The van der Waals surface area contributed by atoms with Crippen molar-refractivity contribution in [1.29, 1.82) is 0 Å². The standard InChI is InChI=1S/C16H13N5O/c1-11-15-14(20-19-11)6-7-18-16(15)22-13-4-2-12(3-5-13)21-9-8-17-10-21/h2-10H,1H3,(H,19,20). The van der Waals surface area contributed by atoms with Crippen LogP contribution < -0.4 is 4.74 Å². The highest BCUT2D eigenvalue weighted by Gasteiger charge is 2.10. The second kappa shape index (κ2) is 5.00. The molecule has 22 heavy (non-hydrogen) atoms. The molecule has 0 amide bonds. The molecule has 0 aliphatic heterocycles. The van der Waals surface area contributed by atoms with Crippen LogP contribution >= 0.6 is 0 Å². The maximum Gasteiger partial charge on any atom is 0.230 e. The van der Waals surface area contributed by atoms with Gasteiger partial charge in [-0.3, -0.25) is 5.10 Å². The third kappa shape index (κ3) is 2.10. The molecule has 6 heteroatoms. The van der Waals surface area contributed by atoms with Crippen LogP contribution in [-0.4, -0.2) is 24.7 Å². The van der Waals surface area contributed by atoms with Crippen molar-refractivity contribution in [3.63, 3.8) is 0 Å². The van der Waals surface area contributed by atoms with Gasteiger partial charge in [0.2, 0.25) is 5.88 Å². The summed E-state index contributed by atoms with van der Waals surface area (Å²) < 4.78 is 7.84. The predicted molar refractivity (Wildman–Crippen MR) is 82.3 cm³/mol. The molecule has 4 rings (SSSR count). The summed E-state index contributed by atoms with van der Waals surface area (Å²) in [7, 11) is 0. The smallest absolute Gasteiger partial charge is 0.230 e. The van der Waals surface area contributed by atoms with E-state index in [-0.39, 0.29) is 0 Å². The number of fused-ring (bicyclic) bond motifs is 1. The van der Waals surface area contributed by atoms with Crippen LogP contribution in [0.1, 0.15) is 5.69 Å². The van der Waals surface area contributed by atoms with Crippen molar-refractivity contribution >= 4 is 10.9 Å². The number of nitrogens with one attached hydrogen (secondary N) is 1. The van der Waals surface area contributed by atoms with Crippen LogP contribution in [-0.2, 0) is 0 Å². The fraction of sp³-hybridized carbons (Fsp3) is 0.0625. The quantitative estimate of drug-likeness (QED) is 0.629. The van der Waals surface area contributed by atoms with Gasteiger partial charge in [-0.1, -0.05) is 0 Å². The Labute approximate surface area is 126 Å². The molecule has 0 radical (unpaired) electrons. The number of hydrogen-bond donors (Lipinski definition) is 1. The Kier molecular flexibility index (Phi) is 2.86. The van der Waals surface area contributed by atoms with Gasteiger partial charge in [0.25, 0.3) is 0 Å². The number of imidazole rings is 1. The summed E-state index contributed by atoms with van der Waals surface area (Å²) in [5.74, 6) is 1.28. The summed E-state index contributed by atoms with van der Waals surface area (Å²) in [6.07, 6.45) is 7.09. The maximum atomic E-state index is 5.91. The summed E-state index contributed by atoms with van der Waals surface area (Å²) in [4.78, 5) is 8.35. The van der Waals surface area contributed by atoms with Crippen molar-refractivity contribution in [1.82, 2.24) is 24.7 Å². The molecule has 0 bridgehead atoms. The molecule has 3 aromatic heterocycles. The van der Waals surface area contributed by atoms with E-state index in [1.807, 2.05) is 48.0 Å². The number of rotatable bonds is 3. The normalized spacial score (nSPS) is 11.0. The van der Waals surface area contributed by atoms with Gasteiger partial charge < -0.3 is 9.30 Å². The highest BCUT2D eigenvalue weighted by atomic mass is 16.5. The lowest BCUT2D eigenvalue weighted by Gasteiger charge is -2.07. The Hall–Kier alpha value is -3.15. The van der Waals surface area contributed by atoms with E-state index in [0.717, 1.165) is 28.0 Å². The average Bonchev–Trinajstić information content (AvgIpc) is 3.19. The lowest BCUT2D eigenvalue weighted by atomic mass is 10.2. The Morgan fingerprint density at radius 2 is 1.95 bits per heavy atom.